The maximum atomic E-state index is 12.8. The van der Waals surface area contributed by atoms with Gasteiger partial charge in [0.1, 0.15) is 5.69 Å². The fourth-order valence-corrected chi connectivity index (χ4v) is 2.61. The van der Waals surface area contributed by atoms with Crippen LogP contribution < -0.4 is 25.3 Å². The van der Waals surface area contributed by atoms with E-state index in [1.54, 1.807) is 30.3 Å². The Morgan fingerprint density at radius 2 is 1.65 bits per heavy atom. The van der Waals surface area contributed by atoms with Gasteiger partial charge in [-0.3, -0.25) is 4.79 Å². The first-order valence-electron chi connectivity index (χ1n) is 7.71. The molecular formula is C18H18N4O4. The second-order valence-corrected chi connectivity index (χ2v) is 5.32. The van der Waals surface area contributed by atoms with Gasteiger partial charge in [-0.05, 0) is 6.07 Å². The lowest BCUT2D eigenvalue weighted by Gasteiger charge is -2.15. The second kappa shape index (κ2) is 7.14. The molecule has 8 nitrogen and oxygen atoms in total. The number of hydrogen-bond donors (Lipinski definition) is 2. The zero-order chi connectivity index (χ0) is 18.7. The van der Waals surface area contributed by atoms with Gasteiger partial charge in [0.25, 0.3) is 5.91 Å². The van der Waals surface area contributed by atoms with Crippen molar-refractivity contribution in [3.8, 4) is 17.2 Å². The van der Waals surface area contributed by atoms with Crippen molar-refractivity contribution in [1.29, 1.82) is 0 Å². The molecule has 3 N–H and O–H groups in total. The molecule has 0 spiro atoms. The number of nitrogen functional groups attached to an aromatic ring is 1. The maximum absolute atomic E-state index is 12.8. The fourth-order valence-electron chi connectivity index (χ4n) is 2.61. The van der Waals surface area contributed by atoms with Crippen LogP contribution in [0, 0.1) is 0 Å². The van der Waals surface area contributed by atoms with Crippen LogP contribution in [0.2, 0.25) is 0 Å². The molecule has 0 aliphatic rings. The molecule has 0 aliphatic heterocycles. The number of fused-ring (bicyclic) bond motifs is 1. The highest BCUT2D eigenvalue weighted by Gasteiger charge is 2.18. The van der Waals surface area contributed by atoms with Crippen molar-refractivity contribution < 1.29 is 19.0 Å². The summed E-state index contributed by atoms with van der Waals surface area (Å²) in [5.41, 5.74) is 6.96. The van der Waals surface area contributed by atoms with Crippen LogP contribution in [-0.4, -0.2) is 37.2 Å². The highest BCUT2D eigenvalue weighted by Crippen LogP contribution is 2.40. The van der Waals surface area contributed by atoms with Gasteiger partial charge < -0.3 is 25.3 Å². The molecule has 1 amide bonds. The Labute approximate surface area is 149 Å². The van der Waals surface area contributed by atoms with Gasteiger partial charge in [0, 0.05) is 23.2 Å². The molecule has 0 aliphatic carbocycles. The highest BCUT2D eigenvalue weighted by atomic mass is 16.5. The standard InChI is InChI=1S/C18H18N4O4/c1-24-13-8-10(9-14(25-2)16(13)26-3)20-17(23)15-11-6-4-5-7-12(11)21-18(19)22-15/h4-9H,1-3H3,(H,20,23)(H2,19,21,22). The summed E-state index contributed by atoms with van der Waals surface area (Å²) >= 11 is 0. The molecular weight excluding hydrogens is 336 g/mol. The third kappa shape index (κ3) is 3.16. The van der Waals surface area contributed by atoms with E-state index in [4.69, 9.17) is 19.9 Å². The fraction of sp³-hybridized carbons (Fsp3) is 0.167. The van der Waals surface area contributed by atoms with Gasteiger partial charge in [0.15, 0.2) is 11.5 Å². The zero-order valence-electron chi connectivity index (χ0n) is 14.6. The number of carbonyl (C=O) groups is 1. The van der Waals surface area contributed by atoms with Gasteiger partial charge in [0.05, 0.1) is 26.8 Å². The SMILES string of the molecule is COc1cc(NC(=O)c2nc(N)nc3ccccc23)cc(OC)c1OC. The van der Waals surface area contributed by atoms with E-state index in [9.17, 15) is 4.79 Å². The molecule has 8 heteroatoms. The summed E-state index contributed by atoms with van der Waals surface area (Å²) in [6.45, 7) is 0. The number of anilines is 2. The zero-order valence-corrected chi connectivity index (χ0v) is 14.6. The number of benzene rings is 2. The van der Waals surface area contributed by atoms with E-state index in [1.165, 1.54) is 21.3 Å². The van der Waals surface area contributed by atoms with Crippen molar-refractivity contribution >= 4 is 28.4 Å². The quantitative estimate of drug-likeness (QED) is 0.724. The molecule has 134 valence electrons. The minimum Gasteiger partial charge on any atom is -0.493 e. The maximum Gasteiger partial charge on any atom is 0.275 e. The topological polar surface area (TPSA) is 109 Å². The summed E-state index contributed by atoms with van der Waals surface area (Å²) in [4.78, 5) is 21.0. The lowest BCUT2D eigenvalue weighted by molar-refractivity contribution is 0.102. The lowest BCUT2D eigenvalue weighted by atomic mass is 10.1. The second-order valence-electron chi connectivity index (χ2n) is 5.32. The largest absolute Gasteiger partial charge is 0.493 e. The van der Waals surface area contributed by atoms with E-state index >= 15 is 0 Å². The van der Waals surface area contributed by atoms with Gasteiger partial charge in [0.2, 0.25) is 11.7 Å². The third-order valence-electron chi connectivity index (χ3n) is 3.76. The molecule has 26 heavy (non-hydrogen) atoms. The van der Waals surface area contributed by atoms with Crippen molar-refractivity contribution in [2.45, 2.75) is 0 Å². The summed E-state index contributed by atoms with van der Waals surface area (Å²) < 4.78 is 15.9. The molecule has 3 rings (SSSR count). The van der Waals surface area contributed by atoms with Crippen molar-refractivity contribution in [2.24, 2.45) is 0 Å². The minimum absolute atomic E-state index is 0.0266. The molecule has 1 aromatic heterocycles. The molecule has 2 aromatic carbocycles. The van der Waals surface area contributed by atoms with Crippen molar-refractivity contribution in [3.05, 3.63) is 42.1 Å². The number of amides is 1. The number of hydrogen-bond acceptors (Lipinski definition) is 7. The smallest absolute Gasteiger partial charge is 0.275 e. The number of para-hydroxylation sites is 1. The van der Waals surface area contributed by atoms with Crippen molar-refractivity contribution in [3.63, 3.8) is 0 Å². The Morgan fingerprint density at radius 3 is 2.27 bits per heavy atom. The van der Waals surface area contributed by atoms with E-state index < -0.39 is 5.91 Å². The average Bonchev–Trinajstić information content (AvgIpc) is 2.66. The van der Waals surface area contributed by atoms with Crippen LogP contribution in [-0.2, 0) is 0 Å². The van der Waals surface area contributed by atoms with Gasteiger partial charge >= 0.3 is 0 Å². The first-order valence-corrected chi connectivity index (χ1v) is 7.71. The Kier molecular flexibility index (Phi) is 4.74. The van der Waals surface area contributed by atoms with Gasteiger partial charge in [-0.25, -0.2) is 9.97 Å². The summed E-state index contributed by atoms with van der Waals surface area (Å²) in [6, 6.07) is 10.4. The number of nitrogens with two attached hydrogens (primary N) is 1. The number of methoxy groups -OCH3 is 3. The van der Waals surface area contributed by atoms with Crippen LogP contribution in [0.3, 0.4) is 0 Å². The summed E-state index contributed by atoms with van der Waals surface area (Å²) in [6.07, 6.45) is 0. The molecule has 0 saturated heterocycles. The lowest BCUT2D eigenvalue weighted by Crippen LogP contribution is -2.16. The number of carbonyl (C=O) groups excluding carboxylic acids is 1. The Morgan fingerprint density at radius 1 is 1.00 bits per heavy atom. The molecule has 0 atom stereocenters. The molecule has 3 aromatic rings. The normalized spacial score (nSPS) is 10.4. The average molecular weight is 354 g/mol. The van der Waals surface area contributed by atoms with Crippen LogP contribution in [0.15, 0.2) is 36.4 Å². The van der Waals surface area contributed by atoms with Crippen LogP contribution in [0.1, 0.15) is 10.5 Å². The number of ether oxygens (including phenoxy) is 3. The van der Waals surface area contributed by atoms with Crippen LogP contribution >= 0.6 is 0 Å². The monoisotopic (exact) mass is 354 g/mol. The molecule has 0 unspecified atom stereocenters. The van der Waals surface area contributed by atoms with Crippen molar-refractivity contribution in [2.75, 3.05) is 32.4 Å². The van der Waals surface area contributed by atoms with E-state index in [0.29, 0.717) is 33.8 Å². The van der Waals surface area contributed by atoms with E-state index in [1.807, 2.05) is 6.07 Å². The first kappa shape index (κ1) is 17.3. The van der Waals surface area contributed by atoms with Gasteiger partial charge in [-0.15, -0.1) is 0 Å². The Balaban J connectivity index is 2.01. The number of nitrogens with one attached hydrogen (secondary N) is 1. The number of nitrogens with zero attached hydrogens (tertiary/aromatic N) is 2. The summed E-state index contributed by atoms with van der Waals surface area (Å²) in [7, 11) is 4.51. The Bertz CT molecular complexity index is 950. The molecule has 0 radical (unpaired) electrons. The third-order valence-corrected chi connectivity index (χ3v) is 3.76. The predicted octanol–water partition coefficient (Wildman–Crippen LogP) is 2.49. The van der Waals surface area contributed by atoms with E-state index in [0.717, 1.165) is 0 Å². The van der Waals surface area contributed by atoms with Crippen molar-refractivity contribution in [1.82, 2.24) is 9.97 Å². The Hall–Kier alpha value is -3.55. The van der Waals surface area contributed by atoms with Crippen LogP contribution in [0.5, 0.6) is 17.2 Å². The predicted molar refractivity (Wildman–Crippen MR) is 98.0 cm³/mol. The van der Waals surface area contributed by atoms with Gasteiger partial charge in [-0.1, -0.05) is 18.2 Å². The van der Waals surface area contributed by atoms with Crippen LogP contribution in [0.25, 0.3) is 10.9 Å². The van der Waals surface area contributed by atoms with Gasteiger partial charge in [-0.2, -0.15) is 0 Å². The minimum atomic E-state index is -0.426. The molecule has 0 saturated carbocycles. The molecule has 0 fully saturated rings. The summed E-state index contributed by atoms with van der Waals surface area (Å²) in [5, 5.41) is 3.38. The number of aromatic nitrogens is 2. The summed E-state index contributed by atoms with van der Waals surface area (Å²) in [5.74, 6) is 0.886. The molecule has 1 heterocycles. The number of rotatable bonds is 5. The van der Waals surface area contributed by atoms with E-state index in [-0.39, 0.29) is 11.6 Å². The molecule has 0 bridgehead atoms. The highest BCUT2D eigenvalue weighted by molar-refractivity contribution is 6.11. The first-order chi connectivity index (χ1) is 12.6. The van der Waals surface area contributed by atoms with E-state index in [2.05, 4.69) is 15.3 Å². The van der Waals surface area contributed by atoms with Crippen LogP contribution in [0.4, 0.5) is 11.6 Å².